The van der Waals surface area contributed by atoms with Crippen LogP contribution in [-0.4, -0.2) is 40.0 Å². The van der Waals surface area contributed by atoms with E-state index >= 15 is 0 Å². The molecule has 0 radical (unpaired) electrons. The zero-order chi connectivity index (χ0) is 23.7. The molecule has 0 atom stereocenters. The first-order valence-electron chi connectivity index (χ1n) is 11.3. The summed E-state index contributed by atoms with van der Waals surface area (Å²) < 4.78 is 20.8. The summed E-state index contributed by atoms with van der Waals surface area (Å²) in [4.78, 5) is 23.9. The normalized spacial score (nSPS) is 18.1. The third-order valence-electron chi connectivity index (χ3n) is 5.93. The lowest BCUT2D eigenvalue weighted by atomic mass is 10.1. The first-order valence-corrected chi connectivity index (χ1v) is 11.3. The van der Waals surface area contributed by atoms with Crippen LogP contribution in [0.25, 0.3) is 11.8 Å². The van der Waals surface area contributed by atoms with Crippen molar-refractivity contribution < 1.29 is 13.9 Å². The molecular weight excluding hydrogens is 433 g/mol. The Hall–Kier alpha value is -3.94. The van der Waals surface area contributed by atoms with E-state index in [2.05, 4.69) is 15.3 Å². The Kier molecular flexibility index (Phi) is 5.88. The largest absolute Gasteiger partial charge is 0.495 e. The third kappa shape index (κ3) is 4.71. The number of carbonyl (C=O) groups excluding carboxylic acids is 1. The van der Waals surface area contributed by atoms with Gasteiger partial charge in [0.05, 0.1) is 31.4 Å². The van der Waals surface area contributed by atoms with Crippen LogP contribution in [0.5, 0.6) is 5.75 Å². The van der Waals surface area contributed by atoms with Crippen LogP contribution in [0.15, 0.2) is 65.7 Å². The van der Waals surface area contributed by atoms with Gasteiger partial charge in [-0.15, -0.1) is 0 Å². The molecule has 0 unspecified atom stereocenters. The zero-order valence-corrected chi connectivity index (χ0v) is 19.2. The van der Waals surface area contributed by atoms with Gasteiger partial charge in [-0.25, -0.2) is 9.37 Å². The number of aromatic nitrogens is 2. The number of carbonyl (C=O) groups is 1. The van der Waals surface area contributed by atoms with Crippen LogP contribution in [0.3, 0.4) is 0 Å². The van der Waals surface area contributed by atoms with Crippen molar-refractivity contribution >= 4 is 17.9 Å². The number of methoxy groups -OCH3 is 1. The molecule has 1 saturated heterocycles. The van der Waals surface area contributed by atoms with Gasteiger partial charge >= 0.3 is 0 Å². The Morgan fingerprint density at radius 2 is 2.03 bits per heavy atom. The molecule has 5 rings (SSSR count). The van der Waals surface area contributed by atoms with Gasteiger partial charge in [0.25, 0.3) is 5.91 Å². The molecule has 1 N–H and O–H groups in total. The van der Waals surface area contributed by atoms with Crippen molar-refractivity contribution in [2.45, 2.75) is 26.3 Å². The van der Waals surface area contributed by atoms with Crippen molar-refractivity contribution in [3.8, 4) is 11.4 Å². The molecule has 2 fully saturated rings. The molecule has 7 nitrogen and oxygen atoms in total. The van der Waals surface area contributed by atoms with E-state index in [1.165, 1.54) is 25.0 Å². The van der Waals surface area contributed by atoms with Gasteiger partial charge < -0.3 is 14.6 Å². The Bertz CT molecular complexity index is 1270. The number of halogens is 1. The molecule has 2 heterocycles. The summed E-state index contributed by atoms with van der Waals surface area (Å²) in [5, 5.41) is 3.20. The van der Waals surface area contributed by atoms with E-state index in [1.807, 2.05) is 35.9 Å². The highest BCUT2D eigenvalue weighted by Gasteiger charge is 2.33. The Labute approximate surface area is 197 Å². The first-order chi connectivity index (χ1) is 16.5. The van der Waals surface area contributed by atoms with E-state index in [0.717, 1.165) is 22.5 Å². The fourth-order valence-corrected chi connectivity index (χ4v) is 3.86. The lowest BCUT2D eigenvalue weighted by molar-refractivity contribution is -0.122. The van der Waals surface area contributed by atoms with Crippen LogP contribution in [0.1, 0.15) is 29.7 Å². The summed E-state index contributed by atoms with van der Waals surface area (Å²) in [5.74, 6) is 1.31. The van der Waals surface area contributed by atoms with E-state index in [4.69, 9.17) is 4.74 Å². The summed E-state index contributed by atoms with van der Waals surface area (Å²) in [6, 6.07) is 11.9. The van der Waals surface area contributed by atoms with Gasteiger partial charge in [-0.3, -0.25) is 14.7 Å². The van der Waals surface area contributed by atoms with Crippen molar-refractivity contribution in [2.75, 3.05) is 13.7 Å². The molecule has 2 aliphatic rings. The summed E-state index contributed by atoms with van der Waals surface area (Å²) in [7, 11) is 1.62. The van der Waals surface area contributed by atoms with E-state index in [9.17, 15) is 9.18 Å². The summed E-state index contributed by atoms with van der Waals surface area (Å²) in [6.07, 6.45) is 7.81. The minimum atomic E-state index is -0.305. The summed E-state index contributed by atoms with van der Waals surface area (Å²) in [5.41, 5.74) is 3.86. The molecule has 0 spiro atoms. The molecule has 2 aromatic carbocycles. The van der Waals surface area contributed by atoms with Crippen LogP contribution in [0.4, 0.5) is 4.39 Å². The molecule has 1 aromatic heterocycles. The Morgan fingerprint density at radius 1 is 1.24 bits per heavy atom. The van der Waals surface area contributed by atoms with Crippen molar-refractivity contribution in [2.24, 2.45) is 10.9 Å². The van der Waals surface area contributed by atoms with E-state index in [-0.39, 0.29) is 11.7 Å². The average molecular weight is 460 g/mol. The number of imidazole rings is 1. The number of hydrogen-bond acceptors (Lipinski definition) is 4. The van der Waals surface area contributed by atoms with E-state index in [1.54, 1.807) is 36.5 Å². The van der Waals surface area contributed by atoms with Gasteiger partial charge in [-0.1, -0.05) is 18.2 Å². The van der Waals surface area contributed by atoms with Gasteiger partial charge in [0.1, 0.15) is 17.3 Å². The molecule has 3 aromatic rings. The Morgan fingerprint density at radius 3 is 2.71 bits per heavy atom. The number of nitrogens with zero attached hydrogens (tertiary/aromatic N) is 4. The molecule has 8 heteroatoms. The fraction of sp³-hybridized carbons (Fsp3) is 0.269. The highest BCUT2D eigenvalue weighted by atomic mass is 19.1. The van der Waals surface area contributed by atoms with E-state index < -0.39 is 0 Å². The maximum Gasteiger partial charge on any atom is 0.277 e. The number of aryl methyl sites for hydroxylation is 1. The Balaban J connectivity index is 1.43. The smallest absolute Gasteiger partial charge is 0.277 e. The lowest BCUT2D eigenvalue weighted by Gasteiger charge is -2.15. The quantitative estimate of drug-likeness (QED) is 0.541. The second-order valence-electron chi connectivity index (χ2n) is 8.66. The first kappa shape index (κ1) is 21.9. The van der Waals surface area contributed by atoms with Crippen molar-refractivity contribution in [1.82, 2.24) is 19.8 Å². The maximum atomic E-state index is 13.3. The summed E-state index contributed by atoms with van der Waals surface area (Å²) >= 11 is 0. The number of ether oxygens (including phenoxy) is 1. The van der Waals surface area contributed by atoms with Crippen molar-refractivity contribution in [3.63, 3.8) is 0 Å². The molecule has 174 valence electrons. The topological polar surface area (TPSA) is 71.8 Å². The fourth-order valence-electron chi connectivity index (χ4n) is 3.86. The molecule has 0 bridgehead atoms. The number of amides is 1. The van der Waals surface area contributed by atoms with Crippen LogP contribution in [-0.2, 0) is 11.3 Å². The predicted octanol–water partition coefficient (Wildman–Crippen LogP) is 4.07. The highest BCUT2D eigenvalue weighted by Crippen LogP contribution is 2.30. The number of guanidine groups is 1. The molecule has 1 saturated carbocycles. The number of benzene rings is 2. The second-order valence-corrected chi connectivity index (χ2v) is 8.66. The number of nitrogens with one attached hydrogen (secondary N) is 1. The van der Waals surface area contributed by atoms with Gasteiger partial charge in [-0.05, 0) is 67.2 Å². The second kappa shape index (κ2) is 9.13. The molecule has 1 aliphatic heterocycles. The average Bonchev–Trinajstić information content (AvgIpc) is 3.51. The van der Waals surface area contributed by atoms with Gasteiger partial charge in [0.15, 0.2) is 0 Å². The van der Waals surface area contributed by atoms with Crippen LogP contribution in [0, 0.1) is 18.7 Å². The summed E-state index contributed by atoms with van der Waals surface area (Å²) in [6.45, 7) is 2.93. The third-order valence-corrected chi connectivity index (χ3v) is 5.93. The SMILES string of the molecule is COc1cc(/C=C2\NC(=NCC3CC3)N(Cc3ccc(F)cc3)C2=O)ccc1-n1cnc(C)c1. The minimum absolute atomic E-state index is 0.174. The van der Waals surface area contributed by atoms with E-state index in [0.29, 0.717) is 36.4 Å². The monoisotopic (exact) mass is 459 g/mol. The minimum Gasteiger partial charge on any atom is -0.495 e. The predicted molar refractivity (Wildman–Crippen MR) is 128 cm³/mol. The number of aliphatic imine (C=N–C) groups is 1. The van der Waals surface area contributed by atoms with Crippen LogP contribution in [0.2, 0.25) is 0 Å². The van der Waals surface area contributed by atoms with Crippen molar-refractivity contribution in [1.29, 1.82) is 0 Å². The maximum absolute atomic E-state index is 13.3. The van der Waals surface area contributed by atoms with Gasteiger partial charge in [0, 0.05) is 12.7 Å². The number of hydrogen-bond donors (Lipinski definition) is 1. The number of rotatable bonds is 7. The van der Waals surface area contributed by atoms with Crippen LogP contribution >= 0.6 is 0 Å². The van der Waals surface area contributed by atoms with Gasteiger partial charge in [0.2, 0.25) is 5.96 Å². The molecule has 34 heavy (non-hydrogen) atoms. The van der Waals surface area contributed by atoms with Crippen LogP contribution < -0.4 is 10.1 Å². The van der Waals surface area contributed by atoms with Crippen molar-refractivity contribution in [3.05, 3.63) is 83.3 Å². The lowest BCUT2D eigenvalue weighted by Crippen LogP contribution is -2.32. The molecule has 1 amide bonds. The zero-order valence-electron chi connectivity index (χ0n) is 19.2. The molecular formula is C26H26FN5O2. The molecule has 1 aliphatic carbocycles. The standard InChI is InChI=1S/C26H26FN5O2/c1-17-14-31(16-29-17)23-10-7-20(12-24(23)34-2)11-22-25(33)32(15-19-5-8-21(27)9-6-19)26(30-22)28-13-18-3-4-18/h5-12,14,16,18H,3-4,13,15H2,1-2H3,(H,28,30)/b22-11-. The van der Waals surface area contributed by atoms with Gasteiger partial charge in [-0.2, -0.15) is 0 Å². The highest BCUT2D eigenvalue weighted by molar-refractivity contribution is 6.15.